The van der Waals surface area contributed by atoms with Crippen LogP contribution in [0.25, 0.3) is 0 Å². The van der Waals surface area contributed by atoms with Crippen molar-refractivity contribution >= 4 is 0 Å². The molecule has 0 saturated heterocycles. The van der Waals surface area contributed by atoms with Gasteiger partial charge in [0.1, 0.15) is 0 Å². The second kappa shape index (κ2) is 6.15. The number of hydrogen-bond acceptors (Lipinski definition) is 0. The smallest absolute Gasteiger partial charge is 0.0200 e. The van der Waals surface area contributed by atoms with E-state index in [9.17, 15) is 0 Å². The summed E-state index contributed by atoms with van der Waals surface area (Å²) in [6.45, 7) is 9.03. The summed E-state index contributed by atoms with van der Waals surface area (Å²) in [7, 11) is 0. The standard InChI is InChI=1S/C15H26/c1-5-14(9-6-12(2)3)15-10-7-13(4)8-11-15/h6,9,13,15H,5,7-8,10-11H2,1-4H3/b14-9+. The SMILES string of the molecule is CC/C(=C\C=C(C)C)C1CCC(C)CC1. The van der Waals surface area contributed by atoms with Gasteiger partial charge < -0.3 is 0 Å². The van der Waals surface area contributed by atoms with Crippen LogP contribution in [0.3, 0.4) is 0 Å². The molecule has 0 aromatic heterocycles. The van der Waals surface area contributed by atoms with Crippen LogP contribution in [0.4, 0.5) is 0 Å². The average Bonchev–Trinajstić information content (AvgIpc) is 2.21. The van der Waals surface area contributed by atoms with Crippen molar-refractivity contribution in [3.8, 4) is 0 Å². The zero-order valence-corrected chi connectivity index (χ0v) is 10.8. The lowest BCUT2D eigenvalue weighted by atomic mass is 9.78. The summed E-state index contributed by atoms with van der Waals surface area (Å²) in [5.74, 6) is 1.84. The van der Waals surface area contributed by atoms with Crippen molar-refractivity contribution in [2.24, 2.45) is 11.8 Å². The van der Waals surface area contributed by atoms with Gasteiger partial charge in [-0.1, -0.05) is 50.0 Å². The van der Waals surface area contributed by atoms with Crippen LogP contribution in [0, 0.1) is 11.8 Å². The van der Waals surface area contributed by atoms with Crippen LogP contribution in [-0.4, -0.2) is 0 Å². The lowest BCUT2D eigenvalue weighted by Crippen LogP contribution is -2.14. The summed E-state index contributed by atoms with van der Waals surface area (Å²) in [5.41, 5.74) is 3.08. The Labute approximate surface area is 95.5 Å². The van der Waals surface area contributed by atoms with Gasteiger partial charge in [0.15, 0.2) is 0 Å². The van der Waals surface area contributed by atoms with E-state index in [0.717, 1.165) is 11.8 Å². The van der Waals surface area contributed by atoms with Gasteiger partial charge in [0.25, 0.3) is 0 Å². The van der Waals surface area contributed by atoms with E-state index in [-0.39, 0.29) is 0 Å². The van der Waals surface area contributed by atoms with E-state index in [1.54, 1.807) is 5.57 Å². The van der Waals surface area contributed by atoms with E-state index < -0.39 is 0 Å². The minimum absolute atomic E-state index is 0.877. The minimum Gasteiger partial charge on any atom is -0.0764 e. The summed E-state index contributed by atoms with van der Waals surface area (Å²) >= 11 is 0. The Kier molecular flexibility index (Phi) is 5.14. The van der Waals surface area contributed by atoms with Gasteiger partial charge in [-0.2, -0.15) is 0 Å². The third-order valence-electron chi connectivity index (χ3n) is 3.58. The Morgan fingerprint density at radius 2 is 1.67 bits per heavy atom. The molecule has 0 aromatic rings. The normalized spacial score (nSPS) is 27.6. The topological polar surface area (TPSA) is 0 Å². The molecule has 0 aliphatic heterocycles. The van der Waals surface area contributed by atoms with Gasteiger partial charge in [0.2, 0.25) is 0 Å². The highest BCUT2D eigenvalue weighted by atomic mass is 14.2. The fraction of sp³-hybridized carbons (Fsp3) is 0.733. The quantitative estimate of drug-likeness (QED) is 0.562. The van der Waals surface area contributed by atoms with Crippen molar-refractivity contribution in [2.45, 2.75) is 59.8 Å². The van der Waals surface area contributed by atoms with Crippen molar-refractivity contribution in [3.63, 3.8) is 0 Å². The molecule has 0 aromatic carbocycles. The van der Waals surface area contributed by atoms with Gasteiger partial charge >= 0.3 is 0 Å². The van der Waals surface area contributed by atoms with Crippen LogP contribution in [0.2, 0.25) is 0 Å². The molecule has 0 nitrogen and oxygen atoms in total. The predicted octanol–water partition coefficient (Wildman–Crippen LogP) is 5.12. The fourth-order valence-electron chi connectivity index (χ4n) is 2.45. The van der Waals surface area contributed by atoms with Gasteiger partial charge in [-0.15, -0.1) is 0 Å². The molecule has 0 radical (unpaired) electrons. The van der Waals surface area contributed by atoms with Gasteiger partial charge in [0, 0.05) is 0 Å². The highest BCUT2D eigenvalue weighted by Gasteiger charge is 2.19. The number of hydrogen-bond donors (Lipinski definition) is 0. The van der Waals surface area contributed by atoms with E-state index in [1.807, 2.05) is 0 Å². The Morgan fingerprint density at radius 3 is 2.13 bits per heavy atom. The molecule has 0 heteroatoms. The van der Waals surface area contributed by atoms with E-state index in [4.69, 9.17) is 0 Å². The molecular weight excluding hydrogens is 180 g/mol. The van der Waals surface area contributed by atoms with E-state index in [1.165, 1.54) is 37.7 Å². The van der Waals surface area contributed by atoms with Crippen LogP contribution < -0.4 is 0 Å². The summed E-state index contributed by atoms with van der Waals surface area (Å²) in [6.07, 6.45) is 11.6. The molecule has 0 bridgehead atoms. The lowest BCUT2D eigenvalue weighted by Gasteiger charge is -2.27. The Morgan fingerprint density at radius 1 is 1.07 bits per heavy atom. The average molecular weight is 206 g/mol. The van der Waals surface area contributed by atoms with Crippen molar-refractivity contribution in [3.05, 3.63) is 23.3 Å². The van der Waals surface area contributed by atoms with E-state index >= 15 is 0 Å². The Balaban J connectivity index is 2.59. The highest BCUT2D eigenvalue weighted by Crippen LogP contribution is 2.34. The summed E-state index contributed by atoms with van der Waals surface area (Å²) in [6, 6.07) is 0. The molecule has 0 atom stereocenters. The maximum Gasteiger partial charge on any atom is -0.0200 e. The minimum atomic E-state index is 0.877. The summed E-state index contributed by atoms with van der Waals surface area (Å²) < 4.78 is 0. The van der Waals surface area contributed by atoms with Crippen LogP contribution in [0.5, 0.6) is 0 Å². The second-order valence-electron chi connectivity index (χ2n) is 5.30. The fourth-order valence-corrected chi connectivity index (χ4v) is 2.45. The van der Waals surface area contributed by atoms with Gasteiger partial charge in [-0.25, -0.2) is 0 Å². The molecule has 0 N–H and O–H groups in total. The van der Waals surface area contributed by atoms with E-state index in [0.29, 0.717) is 0 Å². The first-order chi connectivity index (χ1) is 7.13. The molecule has 0 spiro atoms. The van der Waals surface area contributed by atoms with Crippen LogP contribution >= 0.6 is 0 Å². The number of rotatable bonds is 3. The maximum absolute atomic E-state index is 2.39. The molecule has 0 amide bonds. The molecule has 0 heterocycles. The van der Waals surface area contributed by atoms with Crippen LogP contribution in [-0.2, 0) is 0 Å². The largest absolute Gasteiger partial charge is 0.0764 e. The molecule has 1 fully saturated rings. The molecule has 1 rings (SSSR count). The molecule has 15 heavy (non-hydrogen) atoms. The monoisotopic (exact) mass is 206 g/mol. The molecule has 86 valence electrons. The zero-order valence-electron chi connectivity index (χ0n) is 10.8. The van der Waals surface area contributed by atoms with Crippen molar-refractivity contribution in [1.29, 1.82) is 0 Å². The third-order valence-corrected chi connectivity index (χ3v) is 3.58. The van der Waals surface area contributed by atoms with Gasteiger partial charge in [-0.05, 0) is 44.9 Å². The van der Waals surface area contributed by atoms with Crippen molar-refractivity contribution < 1.29 is 0 Å². The Bertz CT molecular complexity index is 233. The molecule has 1 aliphatic rings. The van der Waals surface area contributed by atoms with Crippen LogP contribution in [0.1, 0.15) is 59.8 Å². The van der Waals surface area contributed by atoms with Gasteiger partial charge in [-0.3, -0.25) is 0 Å². The summed E-state index contributed by atoms with van der Waals surface area (Å²) in [5, 5.41) is 0. The predicted molar refractivity (Wildman–Crippen MR) is 68.9 cm³/mol. The lowest BCUT2D eigenvalue weighted by molar-refractivity contribution is 0.317. The molecular formula is C15H26. The first kappa shape index (κ1) is 12.5. The number of allylic oxidation sites excluding steroid dienone is 4. The van der Waals surface area contributed by atoms with Gasteiger partial charge in [0.05, 0.1) is 0 Å². The molecule has 1 aliphatic carbocycles. The van der Waals surface area contributed by atoms with Crippen LogP contribution in [0.15, 0.2) is 23.3 Å². The Hall–Kier alpha value is -0.520. The van der Waals surface area contributed by atoms with Crippen molar-refractivity contribution in [2.75, 3.05) is 0 Å². The zero-order chi connectivity index (χ0) is 11.3. The van der Waals surface area contributed by atoms with Crippen molar-refractivity contribution in [1.82, 2.24) is 0 Å². The molecule has 1 saturated carbocycles. The highest BCUT2D eigenvalue weighted by molar-refractivity contribution is 5.18. The van der Waals surface area contributed by atoms with E-state index in [2.05, 4.69) is 39.8 Å². The molecule has 0 unspecified atom stereocenters. The third kappa shape index (κ3) is 4.24. The first-order valence-corrected chi connectivity index (χ1v) is 6.47. The maximum atomic E-state index is 2.39. The second-order valence-corrected chi connectivity index (χ2v) is 5.30. The summed E-state index contributed by atoms with van der Waals surface area (Å²) in [4.78, 5) is 0. The first-order valence-electron chi connectivity index (χ1n) is 6.47.